The van der Waals surface area contributed by atoms with E-state index in [9.17, 15) is 9.90 Å². The lowest BCUT2D eigenvalue weighted by molar-refractivity contribution is 0.0607. The van der Waals surface area contributed by atoms with Crippen LogP contribution in [0.1, 0.15) is 9.67 Å². The van der Waals surface area contributed by atoms with Crippen LogP contribution >= 0.6 is 11.3 Å². The summed E-state index contributed by atoms with van der Waals surface area (Å²) < 4.78 is 5.81. The molecule has 22 heavy (non-hydrogen) atoms. The molecule has 1 aromatic carbocycles. The van der Waals surface area contributed by atoms with Gasteiger partial charge < -0.3 is 20.9 Å². The first-order valence-corrected chi connectivity index (χ1v) is 7.55. The topological polar surface area (TPSA) is 97.5 Å². The Morgan fingerprint density at radius 2 is 2.23 bits per heavy atom. The lowest BCUT2D eigenvalue weighted by Gasteiger charge is -2.08. The van der Waals surface area contributed by atoms with Gasteiger partial charge in [-0.15, -0.1) is 11.3 Å². The molecule has 3 rings (SSSR count). The van der Waals surface area contributed by atoms with Gasteiger partial charge in [0.2, 0.25) is 5.88 Å². The summed E-state index contributed by atoms with van der Waals surface area (Å²) in [5, 5.41) is 14.5. The van der Waals surface area contributed by atoms with E-state index in [0.717, 1.165) is 15.5 Å². The Labute approximate surface area is 130 Å². The zero-order chi connectivity index (χ0) is 15.7. The van der Waals surface area contributed by atoms with Gasteiger partial charge in [0.1, 0.15) is 4.88 Å². The summed E-state index contributed by atoms with van der Waals surface area (Å²) in [6.07, 6.45) is 0. The number of benzene rings is 1. The molecular weight excluding hydrogens is 302 g/mol. The molecule has 7 heteroatoms. The summed E-state index contributed by atoms with van der Waals surface area (Å²) in [5.74, 6) is -0.424. The molecule has 0 aliphatic rings. The van der Waals surface area contributed by atoms with Crippen molar-refractivity contribution in [2.75, 3.05) is 25.5 Å². The highest BCUT2D eigenvalue weighted by molar-refractivity contribution is 7.21. The number of methoxy groups -OCH3 is 1. The smallest absolute Gasteiger partial charge is 0.350 e. The molecule has 114 valence electrons. The number of nitrogens with one attached hydrogen (secondary N) is 1. The number of nitrogens with two attached hydrogens (primary N) is 1. The second-order valence-corrected chi connectivity index (χ2v) is 5.74. The predicted octanol–water partition coefficient (Wildman–Crippen LogP) is 2.31. The molecule has 0 aliphatic heterocycles. The van der Waals surface area contributed by atoms with Crippen molar-refractivity contribution in [3.8, 4) is 5.88 Å². The van der Waals surface area contributed by atoms with Crippen LogP contribution in [-0.2, 0) is 4.74 Å². The first-order valence-electron chi connectivity index (χ1n) is 6.73. The zero-order valence-corrected chi connectivity index (χ0v) is 12.7. The highest BCUT2D eigenvalue weighted by atomic mass is 32.1. The molecule has 0 spiro atoms. The minimum Gasteiger partial charge on any atom is -0.493 e. The van der Waals surface area contributed by atoms with Crippen molar-refractivity contribution in [2.24, 2.45) is 5.73 Å². The summed E-state index contributed by atoms with van der Waals surface area (Å²) in [5.41, 5.74) is 6.93. The SMILES string of the molecule is COC(=O)c1sc2ccc3nc(O)ccc3c2c1NCCN. The van der Waals surface area contributed by atoms with E-state index in [1.807, 2.05) is 12.1 Å². The van der Waals surface area contributed by atoms with Gasteiger partial charge in [0.05, 0.1) is 18.3 Å². The molecule has 0 bridgehead atoms. The van der Waals surface area contributed by atoms with Crippen LogP contribution in [0.2, 0.25) is 0 Å². The third-order valence-electron chi connectivity index (χ3n) is 3.32. The monoisotopic (exact) mass is 317 g/mol. The number of anilines is 1. The van der Waals surface area contributed by atoms with Crippen molar-refractivity contribution in [3.63, 3.8) is 0 Å². The first-order chi connectivity index (χ1) is 10.7. The number of esters is 1. The number of pyridine rings is 1. The average molecular weight is 317 g/mol. The molecule has 2 heterocycles. The van der Waals surface area contributed by atoms with Gasteiger partial charge in [0.25, 0.3) is 0 Å². The largest absolute Gasteiger partial charge is 0.493 e. The van der Waals surface area contributed by atoms with Crippen LogP contribution in [0, 0.1) is 0 Å². The normalized spacial score (nSPS) is 11.0. The minimum atomic E-state index is -0.388. The highest BCUT2D eigenvalue weighted by Gasteiger charge is 2.20. The number of hydrogen-bond acceptors (Lipinski definition) is 7. The van der Waals surface area contributed by atoms with Crippen LogP contribution in [0.5, 0.6) is 5.88 Å². The highest BCUT2D eigenvalue weighted by Crippen LogP contribution is 2.40. The lowest BCUT2D eigenvalue weighted by Crippen LogP contribution is -2.14. The molecule has 0 atom stereocenters. The molecule has 3 aromatic rings. The van der Waals surface area contributed by atoms with Gasteiger partial charge in [-0.2, -0.15) is 0 Å². The number of aromatic nitrogens is 1. The Morgan fingerprint density at radius 1 is 1.41 bits per heavy atom. The summed E-state index contributed by atoms with van der Waals surface area (Å²) in [6, 6.07) is 7.03. The van der Waals surface area contributed by atoms with Crippen molar-refractivity contribution in [1.29, 1.82) is 0 Å². The molecule has 0 amide bonds. The van der Waals surface area contributed by atoms with E-state index < -0.39 is 0 Å². The van der Waals surface area contributed by atoms with Gasteiger partial charge in [0, 0.05) is 34.6 Å². The Morgan fingerprint density at radius 3 is 2.95 bits per heavy atom. The Balaban J connectivity index is 2.33. The maximum atomic E-state index is 12.0. The van der Waals surface area contributed by atoms with E-state index in [0.29, 0.717) is 29.2 Å². The zero-order valence-electron chi connectivity index (χ0n) is 11.9. The van der Waals surface area contributed by atoms with Crippen molar-refractivity contribution in [3.05, 3.63) is 29.1 Å². The van der Waals surface area contributed by atoms with Crippen LogP contribution in [0.3, 0.4) is 0 Å². The van der Waals surface area contributed by atoms with E-state index in [4.69, 9.17) is 10.5 Å². The number of ether oxygens (including phenoxy) is 1. The summed E-state index contributed by atoms with van der Waals surface area (Å²) in [6.45, 7) is 0.986. The number of aromatic hydroxyl groups is 1. The average Bonchev–Trinajstić information content (AvgIpc) is 2.90. The maximum Gasteiger partial charge on any atom is 0.350 e. The predicted molar refractivity (Wildman–Crippen MR) is 87.7 cm³/mol. The van der Waals surface area contributed by atoms with Crippen molar-refractivity contribution >= 4 is 44.0 Å². The van der Waals surface area contributed by atoms with E-state index in [1.165, 1.54) is 24.5 Å². The fourth-order valence-corrected chi connectivity index (χ4v) is 3.51. The fourth-order valence-electron chi connectivity index (χ4n) is 2.39. The Hall–Kier alpha value is -2.38. The Bertz CT molecular complexity index is 860. The van der Waals surface area contributed by atoms with Gasteiger partial charge in [-0.05, 0) is 18.2 Å². The third-order valence-corrected chi connectivity index (χ3v) is 4.46. The number of hydrogen-bond donors (Lipinski definition) is 3. The number of rotatable bonds is 4. The second kappa shape index (κ2) is 5.78. The van der Waals surface area contributed by atoms with Crippen LogP contribution in [0.25, 0.3) is 21.0 Å². The lowest BCUT2D eigenvalue weighted by atomic mass is 10.1. The maximum absolute atomic E-state index is 12.0. The second-order valence-electron chi connectivity index (χ2n) is 4.69. The molecule has 0 aliphatic carbocycles. The van der Waals surface area contributed by atoms with Crippen LogP contribution in [-0.4, -0.2) is 36.3 Å². The number of nitrogens with zero attached hydrogens (tertiary/aromatic N) is 1. The minimum absolute atomic E-state index is 0.0354. The number of carbonyl (C=O) groups excluding carboxylic acids is 1. The van der Waals surface area contributed by atoms with Crippen molar-refractivity contribution in [2.45, 2.75) is 0 Å². The number of carbonyl (C=O) groups is 1. The van der Waals surface area contributed by atoms with Crippen molar-refractivity contribution in [1.82, 2.24) is 4.98 Å². The fraction of sp³-hybridized carbons (Fsp3) is 0.200. The quantitative estimate of drug-likeness (QED) is 0.639. The summed E-state index contributed by atoms with van der Waals surface area (Å²) in [7, 11) is 1.36. The first kappa shape index (κ1) is 14.6. The van der Waals surface area contributed by atoms with E-state index >= 15 is 0 Å². The van der Waals surface area contributed by atoms with Gasteiger partial charge >= 0.3 is 5.97 Å². The molecule has 4 N–H and O–H groups in total. The van der Waals surface area contributed by atoms with Gasteiger partial charge in [-0.1, -0.05) is 0 Å². The third kappa shape index (κ3) is 2.34. The van der Waals surface area contributed by atoms with Gasteiger partial charge in [-0.25, -0.2) is 9.78 Å². The van der Waals surface area contributed by atoms with E-state index in [-0.39, 0.29) is 11.8 Å². The van der Waals surface area contributed by atoms with Gasteiger partial charge in [0.15, 0.2) is 0 Å². The molecule has 2 aromatic heterocycles. The van der Waals surface area contributed by atoms with Crippen LogP contribution in [0.15, 0.2) is 24.3 Å². The summed E-state index contributed by atoms with van der Waals surface area (Å²) >= 11 is 1.36. The molecular formula is C15H15N3O3S. The molecule has 0 radical (unpaired) electrons. The summed E-state index contributed by atoms with van der Waals surface area (Å²) in [4.78, 5) is 16.6. The number of fused-ring (bicyclic) bond motifs is 3. The Kier molecular flexibility index (Phi) is 3.82. The van der Waals surface area contributed by atoms with Crippen LogP contribution in [0.4, 0.5) is 5.69 Å². The van der Waals surface area contributed by atoms with Crippen LogP contribution < -0.4 is 11.1 Å². The molecule has 0 fully saturated rings. The molecule has 0 saturated carbocycles. The molecule has 0 unspecified atom stereocenters. The van der Waals surface area contributed by atoms with Crippen molar-refractivity contribution < 1.29 is 14.6 Å². The van der Waals surface area contributed by atoms with E-state index in [2.05, 4.69) is 10.3 Å². The van der Waals surface area contributed by atoms with Gasteiger partial charge in [-0.3, -0.25) is 0 Å². The molecule has 6 nitrogen and oxygen atoms in total. The number of thiophene rings is 1. The van der Waals surface area contributed by atoms with E-state index in [1.54, 1.807) is 6.07 Å². The molecule has 0 saturated heterocycles. The standard InChI is InChI=1S/C15H15N3O3S/c1-21-15(20)14-13(17-7-6-16)12-8-2-5-11(19)18-9(8)3-4-10(12)22-14/h2-5,17H,6-7,16H2,1H3,(H,18,19).